The molecule has 3 heteroatoms. The number of aryl methyl sites for hydroxylation is 1. The van der Waals surface area contributed by atoms with E-state index in [1.807, 2.05) is 32.3 Å². The van der Waals surface area contributed by atoms with Crippen LogP contribution in [0.5, 0.6) is 0 Å². The quantitative estimate of drug-likeness (QED) is 0.730. The molecule has 0 aliphatic heterocycles. The second kappa shape index (κ2) is 5.77. The summed E-state index contributed by atoms with van der Waals surface area (Å²) < 4.78 is 1.94. The highest BCUT2D eigenvalue weighted by Crippen LogP contribution is 2.02. The second-order valence-electron chi connectivity index (χ2n) is 2.33. The van der Waals surface area contributed by atoms with Crippen LogP contribution in [0.2, 0.25) is 0 Å². The number of rotatable bonds is 2. The maximum Gasteiger partial charge on any atom is 0.0952 e. The van der Waals surface area contributed by atoms with Crippen molar-refractivity contribution in [1.82, 2.24) is 9.55 Å². The van der Waals surface area contributed by atoms with Crippen LogP contribution in [0.25, 0.3) is 0 Å². The van der Waals surface area contributed by atoms with Crippen LogP contribution in [0.15, 0.2) is 6.33 Å². The van der Waals surface area contributed by atoms with Crippen LogP contribution < -0.4 is 0 Å². The van der Waals surface area contributed by atoms with E-state index in [1.54, 1.807) is 6.33 Å². The molecular weight excluding hydrogens is 152 g/mol. The molecule has 0 amide bonds. The molecule has 1 aromatic heterocycles. The van der Waals surface area contributed by atoms with Crippen molar-refractivity contribution in [2.24, 2.45) is 0 Å². The van der Waals surface area contributed by atoms with Crippen molar-refractivity contribution in [3.05, 3.63) is 17.7 Å². The van der Waals surface area contributed by atoms with Gasteiger partial charge in [-0.15, -0.1) is 0 Å². The van der Waals surface area contributed by atoms with E-state index >= 15 is 0 Å². The molecule has 70 valence electrons. The van der Waals surface area contributed by atoms with Crippen molar-refractivity contribution in [3.63, 3.8) is 0 Å². The number of hydrogen-bond donors (Lipinski definition) is 1. The molecule has 1 heterocycles. The average molecular weight is 170 g/mol. The first-order valence-electron chi connectivity index (χ1n) is 4.35. The van der Waals surface area contributed by atoms with E-state index in [2.05, 4.69) is 4.98 Å². The molecule has 1 aromatic rings. The van der Waals surface area contributed by atoms with Gasteiger partial charge in [-0.3, -0.25) is 0 Å². The molecule has 0 aromatic carbocycles. The van der Waals surface area contributed by atoms with Gasteiger partial charge in [-0.05, 0) is 13.8 Å². The average Bonchev–Trinajstić information content (AvgIpc) is 2.41. The SMILES string of the molecule is CC.Cc1ncn(CCO)c1C. The highest BCUT2D eigenvalue weighted by Gasteiger charge is 1.98. The molecule has 12 heavy (non-hydrogen) atoms. The largest absolute Gasteiger partial charge is 0.395 e. The summed E-state index contributed by atoms with van der Waals surface area (Å²) in [6.45, 7) is 8.78. The molecule has 1 N–H and O–H groups in total. The molecule has 0 bridgehead atoms. The van der Waals surface area contributed by atoms with Gasteiger partial charge in [0.05, 0.1) is 18.6 Å². The summed E-state index contributed by atoms with van der Waals surface area (Å²) in [6, 6.07) is 0. The molecule has 0 unspecified atom stereocenters. The third kappa shape index (κ3) is 2.66. The Morgan fingerprint density at radius 3 is 2.33 bits per heavy atom. The van der Waals surface area contributed by atoms with Gasteiger partial charge < -0.3 is 9.67 Å². The van der Waals surface area contributed by atoms with Gasteiger partial charge in [0.25, 0.3) is 0 Å². The van der Waals surface area contributed by atoms with E-state index in [4.69, 9.17) is 5.11 Å². The maximum atomic E-state index is 8.60. The minimum Gasteiger partial charge on any atom is -0.395 e. The Balaban J connectivity index is 0.000000561. The summed E-state index contributed by atoms with van der Waals surface area (Å²) in [7, 11) is 0. The minimum absolute atomic E-state index is 0.177. The smallest absolute Gasteiger partial charge is 0.0952 e. The molecule has 0 aliphatic rings. The lowest BCUT2D eigenvalue weighted by Crippen LogP contribution is -2.02. The molecule has 0 radical (unpaired) electrons. The standard InChI is InChI=1S/C7H12N2O.C2H6/c1-6-7(2)9(3-4-10)5-8-6;1-2/h5,10H,3-4H2,1-2H3;1-2H3. The summed E-state index contributed by atoms with van der Waals surface area (Å²) in [5.74, 6) is 0. The van der Waals surface area contributed by atoms with Gasteiger partial charge in [0.2, 0.25) is 0 Å². The third-order valence-electron chi connectivity index (χ3n) is 1.69. The van der Waals surface area contributed by atoms with Crippen molar-refractivity contribution < 1.29 is 5.11 Å². The molecule has 1 rings (SSSR count). The maximum absolute atomic E-state index is 8.60. The van der Waals surface area contributed by atoms with Crippen molar-refractivity contribution in [2.45, 2.75) is 34.2 Å². The van der Waals surface area contributed by atoms with Crippen LogP contribution in [0.3, 0.4) is 0 Å². The van der Waals surface area contributed by atoms with E-state index in [0.29, 0.717) is 6.54 Å². The van der Waals surface area contributed by atoms with Gasteiger partial charge in [0.1, 0.15) is 0 Å². The third-order valence-corrected chi connectivity index (χ3v) is 1.69. The predicted octanol–water partition coefficient (Wildman–Crippen LogP) is 1.52. The molecule has 0 atom stereocenters. The monoisotopic (exact) mass is 170 g/mol. The van der Waals surface area contributed by atoms with Gasteiger partial charge in [-0.25, -0.2) is 4.98 Å². The Morgan fingerprint density at radius 2 is 2.00 bits per heavy atom. The Morgan fingerprint density at radius 1 is 1.42 bits per heavy atom. The van der Waals surface area contributed by atoms with Crippen LogP contribution in [-0.4, -0.2) is 21.3 Å². The number of aromatic nitrogens is 2. The lowest BCUT2D eigenvalue weighted by atomic mass is 10.4. The first-order chi connectivity index (χ1) is 5.75. The van der Waals surface area contributed by atoms with Crippen LogP contribution in [0.4, 0.5) is 0 Å². The van der Waals surface area contributed by atoms with Gasteiger partial charge in [-0.1, -0.05) is 13.8 Å². The Hall–Kier alpha value is -0.830. The molecule has 0 saturated heterocycles. The molecular formula is C9H18N2O. The fourth-order valence-electron chi connectivity index (χ4n) is 0.877. The molecule has 0 aliphatic carbocycles. The van der Waals surface area contributed by atoms with E-state index in [0.717, 1.165) is 11.4 Å². The summed E-state index contributed by atoms with van der Waals surface area (Å²) in [4.78, 5) is 4.09. The van der Waals surface area contributed by atoms with E-state index in [-0.39, 0.29) is 6.61 Å². The zero-order chi connectivity index (χ0) is 9.56. The fourth-order valence-corrected chi connectivity index (χ4v) is 0.877. The minimum atomic E-state index is 0.177. The highest BCUT2D eigenvalue weighted by molar-refractivity contribution is 5.08. The lowest BCUT2D eigenvalue weighted by molar-refractivity contribution is 0.275. The van der Waals surface area contributed by atoms with Crippen molar-refractivity contribution in [2.75, 3.05) is 6.61 Å². The van der Waals surface area contributed by atoms with E-state index in [9.17, 15) is 0 Å². The lowest BCUT2D eigenvalue weighted by Gasteiger charge is -2.00. The van der Waals surface area contributed by atoms with Gasteiger partial charge in [0, 0.05) is 12.2 Å². The van der Waals surface area contributed by atoms with Gasteiger partial charge >= 0.3 is 0 Å². The highest BCUT2D eigenvalue weighted by atomic mass is 16.3. The molecule has 0 saturated carbocycles. The number of aliphatic hydroxyl groups is 1. The van der Waals surface area contributed by atoms with Crippen molar-refractivity contribution in [1.29, 1.82) is 0 Å². The Labute approximate surface area is 74.1 Å². The van der Waals surface area contributed by atoms with Gasteiger partial charge in [-0.2, -0.15) is 0 Å². The number of aliphatic hydroxyl groups excluding tert-OH is 1. The fraction of sp³-hybridized carbons (Fsp3) is 0.667. The van der Waals surface area contributed by atoms with Crippen LogP contribution in [-0.2, 0) is 6.54 Å². The van der Waals surface area contributed by atoms with Crippen molar-refractivity contribution >= 4 is 0 Å². The first-order valence-corrected chi connectivity index (χ1v) is 4.35. The van der Waals surface area contributed by atoms with Crippen LogP contribution >= 0.6 is 0 Å². The normalized spacial score (nSPS) is 9.08. The van der Waals surface area contributed by atoms with Crippen LogP contribution in [0, 0.1) is 13.8 Å². The summed E-state index contributed by atoms with van der Waals surface area (Å²) in [6.07, 6.45) is 1.75. The van der Waals surface area contributed by atoms with E-state index in [1.165, 1.54) is 0 Å². The predicted molar refractivity (Wildman–Crippen MR) is 50.1 cm³/mol. The number of imidazole rings is 1. The number of nitrogens with zero attached hydrogens (tertiary/aromatic N) is 2. The Kier molecular flexibility index (Phi) is 5.37. The summed E-state index contributed by atoms with van der Waals surface area (Å²) in [5, 5.41) is 8.60. The van der Waals surface area contributed by atoms with Crippen molar-refractivity contribution in [3.8, 4) is 0 Å². The second-order valence-corrected chi connectivity index (χ2v) is 2.33. The summed E-state index contributed by atoms with van der Waals surface area (Å²) in [5.41, 5.74) is 2.17. The zero-order valence-electron chi connectivity index (χ0n) is 8.33. The first kappa shape index (κ1) is 11.2. The molecule has 0 fully saturated rings. The van der Waals surface area contributed by atoms with Gasteiger partial charge in [0.15, 0.2) is 0 Å². The molecule has 3 nitrogen and oxygen atoms in total. The van der Waals surface area contributed by atoms with Crippen LogP contribution in [0.1, 0.15) is 25.2 Å². The van der Waals surface area contributed by atoms with E-state index < -0.39 is 0 Å². The summed E-state index contributed by atoms with van der Waals surface area (Å²) >= 11 is 0. The zero-order valence-corrected chi connectivity index (χ0v) is 8.33. The Bertz CT molecular complexity index is 218. The molecule has 0 spiro atoms. The topological polar surface area (TPSA) is 38.0 Å². The number of hydrogen-bond acceptors (Lipinski definition) is 2.